The van der Waals surface area contributed by atoms with Crippen molar-refractivity contribution < 1.29 is 0 Å². The fraction of sp³-hybridized carbons (Fsp3) is 0.182. The van der Waals surface area contributed by atoms with Crippen LogP contribution in [0.2, 0.25) is 0 Å². The van der Waals surface area contributed by atoms with Gasteiger partial charge in [0.25, 0.3) is 5.56 Å². The van der Waals surface area contributed by atoms with Crippen molar-refractivity contribution in [1.29, 1.82) is 0 Å². The molecular weight excluding hydrogens is 162 g/mol. The van der Waals surface area contributed by atoms with E-state index in [4.69, 9.17) is 0 Å². The van der Waals surface area contributed by atoms with Gasteiger partial charge in [0.1, 0.15) is 0 Å². The Labute approximate surface area is 76.6 Å². The van der Waals surface area contributed by atoms with E-state index in [1.807, 2.05) is 37.3 Å². The molecule has 1 aliphatic heterocycles. The monoisotopic (exact) mass is 173 g/mol. The molecule has 13 heavy (non-hydrogen) atoms. The maximum absolute atomic E-state index is 11.4. The molecule has 1 heterocycles. The van der Waals surface area contributed by atoms with Crippen LogP contribution >= 0.6 is 0 Å². The molecule has 2 aliphatic rings. The Bertz CT molecular complexity index is 444. The smallest absolute Gasteiger partial charge is 0.252 e. The van der Waals surface area contributed by atoms with E-state index in [0.29, 0.717) is 0 Å². The highest BCUT2D eigenvalue weighted by Gasteiger charge is 2.10. The molecule has 0 saturated heterocycles. The first-order chi connectivity index (χ1) is 6.33. The van der Waals surface area contributed by atoms with Crippen molar-refractivity contribution in [3.63, 3.8) is 0 Å². The van der Waals surface area contributed by atoms with Gasteiger partial charge in [-0.15, -0.1) is 0 Å². The molecule has 2 rings (SSSR count). The van der Waals surface area contributed by atoms with Gasteiger partial charge in [0, 0.05) is 16.8 Å². The molecule has 0 saturated carbocycles. The standard InChI is InChI=1S/C11H11NO/c1-2-8-9-6-4-3-5-7-10(9)12-11(8)13/h3-7H,2H2,1H3,(H,12,13). The summed E-state index contributed by atoms with van der Waals surface area (Å²) in [6.45, 7) is 2.00. The second-order valence-electron chi connectivity index (χ2n) is 3.02. The number of hydrogen-bond donors (Lipinski definition) is 1. The lowest BCUT2D eigenvalue weighted by Crippen LogP contribution is -2.02. The van der Waals surface area contributed by atoms with Crippen LogP contribution in [0.5, 0.6) is 0 Å². The summed E-state index contributed by atoms with van der Waals surface area (Å²) in [6, 6.07) is 9.74. The molecule has 0 amide bonds. The Morgan fingerprint density at radius 1 is 1.23 bits per heavy atom. The van der Waals surface area contributed by atoms with Crippen LogP contribution in [0.25, 0.3) is 11.3 Å². The van der Waals surface area contributed by atoms with E-state index in [0.717, 1.165) is 23.2 Å². The van der Waals surface area contributed by atoms with Crippen LogP contribution in [0.1, 0.15) is 12.5 Å². The molecule has 0 aromatic carbocycles. The van der Waals surface area contributed by atoms with Crippen LogP contribution in [-0.4, -0.2) is 4.98 Å². The van der Waals surface area contributed by atoms with Crippen molar-refractivity contribution in [3.8, 4) is 11.3 Å². The number of H-pyrrole nitrogens is 1. The maximum atomic E-state index is 11.4. The first-order valence-electron chi connectivity index (χ1n) is 4.43. The first kappa shape index (κ1) is 8.05. The Hall–Kier alpha value is -1.57. The van der Waals surface area contributed by atoms with E-state index in [2.05, 4.69) is 4.98 Å². The van der Waals surface area contributed by atoms with Gasteiger partial charge >= 0.3 is 0 Å². The van der Waals surface area contributed by atoms with Crippen LogP contribution in [0.15, 0.2) is 35.1 Å². The zero-order chi connectivity index (χ0) is 9.26. The maximum Gasteiger partial charge on any atom is 0.252 e. The summed E-state index contributed by atoms with van der Waals surface area (Å²) in [7, 11) is 0. The fourth-order valence-corrected chi connectivity index (χ4v) is 1.59. The minimum atomic E-state index is 0.0451. The van der Waals surface area contributed by atoms with E-state index in [1.54, 1.807) is 0 Å². The molecule has 0 bridgehead atoms. The van der Waals surface area contributed by atoms with Gasteiger partial charge in [-0.05, 0) is 12.5 Å². The van der Waals surface area contributed by atoms with E-state index in [-0.39, 0.29) is 5.56 Å². The second kappa shape index (κ2) is 3.05. The average molecular weight is 173 g/mol. The van der Waals surface area contributed by atoms with Crippen molar-refractivity contribution in [2.75, 3.05) is 0 Å². The van der Waals surface area contributed by atoms with Crippen molar-refractivity contribution in [3.05, 3.63) is 46.2 Å². The first-order valence-corrected chi connectivity index (χ1v) is 4.43. The molecule has 0 aromatic rings. The van der Waals surface area contributed by atoms with Crippen molar-refractivity contribution >= 4 is 0 Å². The molecule has 66 valence electrons. The third kappa shape index (κ3) is 1.24. The largest absolute Gasteiger partial charge is 0.322 e. The lowest BCUT2D eigenvalue weighted by molar-refractivity contribution is 1.12. The molecule has 0 atom stereocenters. The van der Waals surface area contributed by atoms with E-state index in [9.17, 15) is 4.79 Å². The van der Waals surface area contributed by atoms with Crippen molar-refractivity contribution in [2.45, 2.75) is 13.3 Å². The number of rotatable bonds is 1. The second-order valence-corrected chi connectivity index (χ2v) is 3.02. The number of hydrogen-bond acceptors (Lipinski definition) is 1. The highest BCUT2D eigenvalue weighted by atomic mass is 16.1. The summed E-state index contributed by atoms with van der Waals surface area (Å²) in [5.74, 6) is 0. The number of fused-ring (bicyclic) bond motifs is 1. The minimum absolute atomic E-state index is 0.0451. The van der Waals surface area contributed by atoms with Crippen molar-refractivity contribution in [2.24, 2.45) is 0 Å². The fourth-order valence-electron chi connectivity index (χ4n) is 1.59. The third-order valence-corrected chi connectivity index (χ3v) is 2.24. The summed E-state index contributed by atoms with van der Waals surface area (Å²) in [6.07, 6.45) is 0.781. The zero-order valence-corrected chi connectivity index (χ0v) is 7.50. The molecule has 2 heteroatoms. The zero-order valence-electron chi connectivity index (χ0n) is 7.50. The van der Waals surface area contributed by atoms with Gasteiger partial charge in [-0.3, -0.25) is 4.79 Å². The van der Waals surface area contributed by atoms with Crippen LogP contribution in [0.3, 0.4) is 0 Å². The van der Waals surface area contributed by atoms with Crippen molar-refractivity contribution in [1.82, 2.24) is 4.98 Å². The Balaban J connectivity index is 2.79. The Kier molecular flexibility index (Phi) is 1.89. The topological polar surface area (TPSA) is 32.9 Å². The lowest BCUT2D eigenvalue weighted by Gasteiger charge is -1.92. The van der Waals surface area contributed by atoms with E-state index < -0.39 is 0 Å². The van der Waals surface area contributed by atoms with Crippen LogP contribution < -0.4 is 5.56 Å². The van der Waals surface area contributed by atoms with Gasteiger partial charge in [0.15, 0.2) is 0 Å². The molecule has 1 aliphatic carbocycles. The summed E-state index contributed by atoms with van der Waals surface area (Å²) in [4.78, 5) is 14.3. The van der Waals surface area contributed by atoms with Gasteiger partial charge in [-0.25, -0.2) is 0 Å². The SMILES string of the molecule is CCc1c2cccccc-2[nH]c1=O. The molecule has 1 N–H and O–H groups in total. The highest BCUT2D eigenvalue weighted by Crippen LogP contribution is 2.20. The normalized spacial score (nSPS) is 10.5. The van der Waals surface area contributed by atoms with Crippen LogP contribution in [0.4, 0.5) is 0 Å². The van der Waals surface area contributed by atoms with Gasteiger partial charge in [-0.1, -0.05) is 31.2 Å². The molecule has 0 spiro atoms. The molecule has 0 fully saturated rings. The minimum Gasteiger partial charge on any atom is -0.322 e. The summed E-state index contributed by atoms with van der Waals surface area (Å²) < 4.78 is 0. The average Bonchev–Trinajstić information content (AvgIpc) is 2.32. The predicted molar refractivity (Wildman–Crippen MR) is 53.1 cm³/mol. The Morgan fingerprint density at radius 2 is 2.00 bits per heavy atom. The molecule has 0 aromatic heterocycles. The number of aromatic nitrogens is 1. The van der Waals surface area contributed by atoms with Crippen LogP contribution in [-0.2, 0) is 6.42 Å². The van der Waals surface area contributed by atoms with Gasteiger partial charge in [0.05, 0.1) is 0 Å². The van der Waals surface area contributed by atoms with E-state index >= 15 is 0 Å². The Morgan fingerprint density at radius 3 is 2.77 bits per heavy atom. The summed E-state index contributed by atoms with van der Waals surface area (Å²) >= 11 is 0. The lowest BCUT2D eigenvalue weighted by atomic mass is 10.1. The molecule has 0 radical (unpaired) electrons. The van der Waals surface area contributed by atoms with Gasteiger partial charge in [0.2, 0.25) is 0 Å². The van der Waals surface area contributed by atoms with Gasteiger partial charge < -0.3 is 4.98 Å². The highest BCUT2D eigenvalue weighted by molar-refractivity contribution is 5.64. The molecule has 2 nitrogen and oxygen atoms in total. The number of aromatic amines is 1. The third-order valence-electron chi connectivity index (χ3n) is 2.24. The molecule has 0 unspecified atom stereocenters. The summed E-state index contributed by atoms with van der Waals surface area (Å²) in [5, 5.41) is 0. The van der Waals surface area contributed by atoms with E-state index in [1.165, 1.54) is 0 Å². The van der Waals surface area contributed by atoms with Gasteiger partial charge in [-0.2, -0.15) is 0 Å². The number of nitrogens with one attached hydrogen (secondary N) is 1. The summed E-state index contributed by atoms with van der Waals surface area (Å²) in [5.41, 5.74) is 2.89. The van der Waals surface area contributed by atoms with Crippen LogP contribution in [0, 0.1) is 0 Å². The molecular formula is C11H11NO. The quantitative estimate of drug-likeness (QED) is 0.703. The predicted octanol–water partition coefficient (Wildman–Crippen LogP) is 2.04.